The zero-order valence-corrected chi connectivity index (χ0v) is 7.81. The van der Waals surface area contributed by atoms with E-state index in [9.17, 15) is 0 Å². The normalized spacial score (nSPS) is 27.3. The molecule has 0 aliphatic carbocycles. The lowest BCUT2D eigenvalue weighted by Gasteiger charge is -2.34. The van der Waals surface area contributed by atoms with Crippen LogP contribution in [0.2, 0.25) is 0 Å². The molecule has 0 spiro atoms. The van der Waals surface area contributed by atoms with Gasteiger partial charge in [-0.2, -0.15) is 0 Å². The maximum atomic E-state index is 5.67. The molecule has 0 N–H and O–H groups in total. The Morgan fingerprint density at radius 3 is 3.09 bits per heavy atom. The van der Waals surface area contributed by atoms with Crippen LogP contribution in [0.3, 0.4) is 0 Å². The molecular weight excluding hydrogens is 162 g/mol. The third kappa shape index (κ3) is 2.62. The largest absolute Gasteiger partial charge is 0.378 e. The average molecular weight is 178 g/mol. The topological polar surface area (TPSA) is 12.5 Å². The van der Waals surface area contributed by atoms with Crippen LogP contribution in [0.4, 0.5) is 0 Å². The van der Waals surface area contributed by atoms with Gasteiger partial charge in [0.15, 0.2) is 0 Å². The fourth-order valence-electron chi connectivity index (χ4n) is 1.47. The number of nitrogens with zero attached hydrogens (tertiary/aromatic N) is 1. The third-order valence-electron chi connectivity index (χ3n) is 2.19. The molecule has 0 saturated carbocycles. The molecule has 1 unspecified atom stereocenters. The molecule has 1 aliphatic rings. The summed E-state index contributed by atoms with van der Waals surface area (Å²) in [6.07, 6.45) is 1.16. The van der Waals surface area contributed by atoms with Gasteiger partial charge in [0.25, 0.3) is 0 Å². The molecule has 2 nitrogen and oxygen atoms in total. The molecule has 0 bridgehead atoms. The first kappa shape index (κ1) is 9.30. The molecule has 1 aliphatic heterocycles. The van der Waals surface area contributed by atoms with Crippen molar-refractivity contribution in [1.82, 2.24) is 4.90 Å². The Hall–Kier alpha value is 0.210. The van der Waals surface area contributed by atoms with Crippen molar-refractivity contribution in [3.05, 3.63) is 0 Å². The molecule has 11 heavy (non-hydrogen) atoms. The molecule has 0 amide bonds. The summed E-state index contributed by atoms with van der Waals surface area (Å²) >= 11 is 5.67. The Kier molecular flexibility index (Phi) is 4.20. The number of hydrogen-bond acceptors (Lipinski definition) is 2. The van der Waals surface area contributed by atoms with Crippen molar-refractivity contribution >= 4 is 11.6 Å². The molecule has 1 saturated heterocycles. The van der Waals surface area contributed by atoms with E-state index in [0.717, 1.165) is 38.6 Å². The Labute approximate surface area is 73.5 Å². The lowest BCUT2D eigenvalue weighted by Crippen LogP contribution is -2.45. The zero-order valence-electron chi connectivity index (χ0n) is 7.05. The maximum Gasteiger partial charge on any atom is 0.0622 e. The van der Waals surface area contributed by atoms with Gasteiger partial charge in [0.05, 0.1) is 13.2 Å². The van der Waals surface area contributed by atoms with Crippen molar-refractivity contribution in [2.24, 2.45) is 0 Å². The van der Waals surface area contributed by atoms with Crippen LogP contribution in [0, 0.1) is 0 Å². The average Bonchev–Trinajstić information content (AvgIpc) is 2.06. The molecule has 1 rings (SSSR count). The Balaban J connectivity index is 2.31. The van der Waals surface area contributed by atoms with Gasteiger partial charge in [0.2, 0.25) is 0 Å². The third-order valence-corrected chi connectivity index (χ3v) is 2.36. The fraction of sp³-hybridized carbons (Fsp3) is 1.00. The van der Waals surface area contributed by atoms with Crippen LogP contribution in [0.5, 0.6) is 0 Å². The highest BCUT2D eigenvalue weighted by Crippen LogP contribution is 2.09. The number of rotatable bonds is 3. The second-order valence-corrected chi connectivity index (χ2v) is 3.24. The van der Waals surface area contributed by atoms with Crippen LogP contribution < -0.4 is 0 Å². The van der Waals surface area contributed by atoms with Gasteiger partial charge in [0.1, 0.15) is 0 Å². The van der Waals surface area contributed by atoms with E-state index < -0.39 is 0 Å². The van der Waals surface area contributed by atoms with E-state index in [-0.39, 0.29) is 0 Å². The van der Waals surface area contributed by atoms with Crippen molar-refractivity contribution < 1.29 is 4.74 Å². The quantitative estimate of drug-likeness (QED) is 0.604. The number of morpholine rings is 1. The van der Waals surface area contributed by atoms with Crippen molar-refractivity contribution in [2.45, 2.75) is 19.4 Å². The van der Waals surface area contributed by atoms with E-state index in [1.54, 1.807) is 0 Å². The molecule has 66 valence electrons. The summed E-state index contributed by atoms with van der Waals surface area (Å²) in [7, 11) is 0. The zero-order chi connectivity index (χ0) is 8.10. The molecule has 0 aromatic carbocycles. The molecule has 0 aromatic heterocycles. The summed E-state index contributed by atoms with van der Waals surface area (Å²) in [5.41, 5.74) is 0. The maximum absolute atomic E-state index is 5.67. The van der Waals surface area contributed by atoms with E-state index in [0.29, 0.717) is 6.04 Å². The number of ether oxygens (including phenoxy) is 1. The van der Waals surface area contributed by atoms with Gasteiger partial charge in [-0.25, -0.2) is 0 Å². The van der Waals surface area contributed by atoms with E-state index in [2.05, 4.69) is 11.8 Å². The number of alkyl halides is 1. The minimum Gasteiger partial charge on any atom is -0.378 e. The summed E-state index contributed by atoms with van der Waals surface area (Å²) < 4.78 is 5.36. The summed E-state index contributed by atoms with van der Waals surface area (Å²) in [5.74, 6) is 0.733. The Morgan fingerprint density at radius 2 is 2.45 bits per heavy atom. The van der Waals surface area contributed by atoms with Gasteiger partial charge in [-0.15, -0.1) is 11.6 Å². The van der Waals surface area contributed by atoms with Crippen molar-refractivity contribution in [1.29, 1.82) is 0 Å². The lowest BCUT2D eigenvalue weighted by molar-refractivity contribution is -0.00546. The second kappa shape index (κ2) is 4.96. The molecule has 1 heterocycles. The van der Waals surface area contributed by atoms with Gasteiger partial charge in [-0.3, -0.25) is 4.90 Å². The van der Waals surface area contributed by atoms with Crippen LogP contribution in [-0.2, 0) is 4.74 Å². The van der Waals surface area contributed by atoms with Crippen LogP contribution in [0.25, 0.3) is 0 Å². The second-order valence-electron chi connectivity index (χ2n) is 2.86. The first-order valence-corrected chi connectivity index (χ1v) is 4.79. The van der Waals surface area contributed by atoms with Gasteiger partial charge in [-0.05, 0) is 6.42 Å². The van der Waals surface area contributed by atoms with E-state index >= 15 is 0 Å². The highest BCUT2D eigenvalue weighted by atomic mass is 35.5. The SMILES string of the molecule is CCC1COCCN1CCCl. The predicted octanol–water partition coefficient (Wildman–Crippen LogP) is 1.34. The number of halogens is 1. The molecule has 3 heteroatoms. The molecule has 1 fully saturated rings. The number of hydrogen-bond donors (Lipinski definition) is 0. The molecule has 0 radical (unpaired) electrons. The Morgan fingerprint density at radius 1 is 1.64 bits per heavy atom. The van der Waals surface area contributed by atoms with Crippen LogP contribution in [-0.4, -0.2) is 43.1 Å². The van der Waals surface area contributed by atoms with Gasteiger partial charge in [-0.1, -0.05) is 6.92 Å². The van der Waals surface area contributed by atoms with E-state index in [1.807, 2.05) is 0 Å². The molecule has 1 atom stereocenters. The van der Waals surface area contributed by atoms with Crippen molar-refractivity contribution in [3.63, 3.8) is 0 Å². The molecule has 0 aromatic rings. The van der Waals surface area contributed by atoms with Crippen molar-refractivity contribution in [3.8, 4) is 0 Å². The van der Waals surface area contributed by atoms with E-state index in [4.69, 9.17) is 16.3 Å². The first-order chi connectivity index (χ1) is 5.38. The minimum atomic E-state index is 0.600. The summed E-state index contributed by atoms with van der Waals surface area (Å²) in [4.78, 5) is 2.41. The van der Waals surface area contributed by atoms with E-state index in [1.165, 1.54) is 0 Å². The standard InChI is InChI=1S/C8H16ClNO/c1-2-8-7-11-6-5-10(8)4-3-9/h8H,2-7H2,1H3. The van der Waals surface area contributed by atoms with Crippen LogP contribution in [0.1, 0.15) is 13.3 Å². The van der Waals surface area contributed by atoms with Crippen LogP contribution >= 0.6 is 11.6 Å². The summed E-state index contributed by atoms with van der Waals surface area (Å²) in [6, 6.07) is 0.600. The highest BCUT2D eigenvalue weighted by Gasteiger charge is 2.19. The monoisotopic (exact) mass is 177 g/mol. The lowest BCUT2D eigenvalue weighted by atomic mass is 10.2. The van der Waals surface area contributed by atoms with Gasteiger partial charge in [0, 0.05) is 25.0 Å². The molecular formula is C8H16ClNO. The van der Waals surface area contributed by atoms with Crippen LogP contribution in [0.15, 0.2) is 0 Å². The first-order valence-electron chi connectivity index (χ1n) is 4.26. The fourth-order valence-corrected chi connectivity index (χ4v) is 1.69. The summed E-state index contributed by atoms with van der Waals surface area (Å²) in [5, 5.41) is 0. The van der Waals surface area contributed by atoms with Gasteiger partial charge < -0.3 is 4.74 Å². The minimum absolute atomic E-state index is 0.600. The van der Waals surface area contributed by atoms with Crippen molar-refractivity contribution in [2.75, 3.05) is 32.2 Å². The smallest absolute Gasteiger partial charge is 0.0622 e. The Bertz CT molecular complexity index is 108. The summed E-state index contributed by atoms with van der Waals surface area (Å²) in [6.45, 7) is 6.00. The highest BCUT2D eigenvalue weighted by molar-refractivity contribution is 6.18. The predicted molar refractivity (Wildman–Crippen MR) is 47.2 cm³/mol. The van der Waals surface area contributed by atoms with Gasteiger partial charge >= 0.3 is 0 Å².